The molecule has 3 rings (SSSR count). The van der Waals surface area contributed by atoms with Crippen molar-refractivity contribution < 1.29 is 4.74 Å². The number of fused-ring (bicyclic) bond motifs is 1. The van der Waals surface area contributed by atoms with Crippen LogP contribution in [0.15, 0.2) is 36.5 Å². The van der Waals surface area contributed by atoms with Gasteiger partial charge in [0.1, 0.15) is 0 Å². The van der Waals surface area contributed by atoms with Crippen LogP contribution in [0.3, 0.4) is 0 Å². The lowest BCUT2D eigenvalue weighted by Gasteiger charge is -2.38. The minimum atomic E-state index is 0.322. The van der Waals surface area contributed by atoms with E-state index in [1.165, 1.54) is 10.9 Å². The molecule has 0 bridgehead atoms. The van der Waals surface area contributed by atoms with Crippen LogP contribution < -0.4 is 5.32 Å². The molecule has 0 saturated carbocycles. The van der Waals surface area contributed by atoms with E-state index in [9.17, 15) is 0 Å². The van der Waals surface area contributed by atoms with Gasteiger partial charge in [-0.25, -0.2) is 0 Å². The minimum absolute atomic E-state index is 0.322. The van der Waals surface area contributed by atoms with E-state index in [1.54, 1.807) is 0 Å². The molecule has 1 N–H and O–H groups in total. The fraction of sp³-hybridized carbons (Fsp3) is 0.400. The van der Waals surface area contributed by atoms with Crippen LogP contribution in [0.2, 0.25) is 0 Å². The zero-order valence-corrected chi connectivity index (χ0v) is 10.6. The predicted molar refractivity (Wildman–Crippen MR) is 72.4 cm³/mol. The number of ether oxygens (including phenoxy) is 1. The first-order valence-corrected chi connectivity index (χ1v) is 6.38. The number of nitrogens with zero attached hydrogens (tertiary/aromatic N) is 1. The molecule has 3 nitrogen and oxygen atoms in total. The Bertz CT molecular complexity index is 544. The summed E-state index contributed by atoms with van der Waals surface area (Å²) in [6.07, 6.45) is 1.88. The molecular weight excluding hydrogens is 224 g/mol. The van der Waals surface area contributed by atoms with Gasteiger partial charge in [-0.05, 0) is 17.7 Å². The Balaban J connectivity index is 1.70. The van der Waals surface area contributed by atoms with Crippen molar-refractivity contribution in [3.8, 4) is 0 Å². The summed E-state index contributed by atoms with van der Waals surface area (Å²) in [4.78, 5) is 4.38. The van der Waals surface area contributed by atoms with E-state index in [4.69, 9.17) is 4.74 Å². The summed E-state index contributed by atoms with van der Waals surface area (Å²) in [6.45, 7) is 5.89. The zero-order valence-electron chi connectivity index (χ0n) is 10.6. The Morgan fingerprint density at radius 2 is 2.11 bits per heavy atom. The van der Waals surface area contributed by atoms with Gasteiger partial charge >= 0.3 is 0 Å². The second kappa shape index (κ2) is 4.67. The summed E-state index contributed by atoms with van der Waals surface area (Å²) in [5, 5.41) is 4.77. The molecule has 2 heterocycles. The average Bonchev–Trinajstić information content (AvgIpc) is 2.37. The van der Waals surface area contributed by atoms with Crippen molar-refractivity contribution in [3.63, 3.8) is 0 Å². The molecule has 0 amide bonds. The van der Waals surface area contributed by atoms with Gasteiger partial charge in [0.15, 0.2) is 0 Å². The number of hydrogen-bond donors (Lipinski definition) is 1. The molecule has 1 aromatic carbocycles. The minimum Gasteiger partial charge on any atom is -0.380 e. The average molecular weight is 242 g/mol. The fourth-order valence-corrected chi connectivity index (χ4v) is 2.36. The fourth-order valence-electron chi connectivity index (χ4n) is 2.36. The van der Waals surface area contributed by atoms with Crippen LogP contribution in [0.25, 0.3) is 10.9 Å². The summed E-state index contributed by atoms with van der Waals surface area (Å²) in [7, 11) is 0. The molecule has 0 unspecified atom stereocenters. The van der Waals surface area contributed by atoms with Crippen molar-refractivity contribution in [3.05, 3.63) is 42.1 Å². The molecule has 0 aliphatic carbocycles. The van der Waals surface area contributed by atoms with E-state index in [1.807, 2.05) is 12.3 Å². The SMILES string of the molecule is CC1(CNCc2ccnc3ccccc23)COC1. The van der Waals surface area contributed by atoms with Crippen molar-refractivity contribution in [1.29, 1.82) is 0 Å². The van der Waals surface area contributed by atoms with Crippen LogP contribution in [0.4, 0.5) is 0 Å². The third-order valence-electron chi connectivity index (χ3n) is 3.51. The molecule has 1 aliphatic heterocycles. The third-order valence-corrected chi connectivity index (χ3v) is 3.51. The number of para-hydroxylation sites is 1. The first kappa shape index (κ1) is 11.6. The van der Waals surface area contributed by atoms with Crippen LogP contribution in [0.5, 0.6) is 0 Å². The normalized spacial score (nSPS) is 17.6. The number of hydrogen-bond acceptors (Lipinski definition) is 3. The molecular formula is C15H18N2O. The maximum absolute atomic E-state index is 5.26. The summed E-state index contributed by atoms with van der Waals surface area (Å²) in [5.41, 5.74) is 2.70. The van der Waals surface area contributed by atoms with Crippen molar-refractivity contribution >= 4 is 10.9 Å². The van der Waals surface area contributed by atoms with E-state index in [0.717, 1.165) is 31.8 Å². The Morgan fingerprint density at radius 1 is 1.28 bits per heavy atom. The van der Waals surface area contributed by atoms with Gasteiger partial charge in [0, 0.05) is 30.1 Å². The molecule has 94 valence electrons. The smallest absolute Gasteiger partial charge is 0.0705 e. The molecule has 1 fully saturated rings. The number of aromatic nitrogens is 1. The molecule has 0 atom stereocenters. The molecule has 0 spiro atoms. The number of benzene rings is 1. The third kappa shape index (κ3) is 2.24. The van der Waals surface area contributed by atoms with Crippen LogP contribution in [0.1, 0.15) is 12.5 Å². The highest BCUT2D eigenvalue weighted by Gasteiger charge is 2.32. The number of rotatable bonds is 4. The second-order valence-corrected chi connectivity index (χ2v) is 5.39. The Hall–Kier alpha value is -1.45. The Morgan fingerprint density at radius 3 is 2.89 bits per heavy atom. The first-order valence-electron chi connectivity index (χ1n) is 6.38. The first-order chi connectivity index (χ1) is 8.77. The van der Waals surface area contributed by atoms with Gasteiger partial charge in [0.25, 0.3) is 0 Å². The lowest BCUT2D eigenvalue weighted by atomic mass is 9.89. The highest BCUT2D eigenvalue weighted by atomic mass is 16.5. The van der Waals surface area contributed by atoms with E-state index < -0.39 is 0 Å². The van der Waals surface area contributed by atoms with E-state index >= 15 is 0 Å². The van der Waals surface area contributed by atoms with E-state index in [0.29, 0.717) is 5.41 Å². The van der Waals surface area contributed by atoms with Crippen LogP contribution in [0, 0.1) is 5.41 Å². The van der Waals surface area contributed by atoms with E-state index in [2.05, 4.69) is 41.5 Å². The molecule has 3 heteroatoms. The molecule has 1 saturated heterocycles. The highest BCUT2D eigenvalue weighted by Crippen LogP contribution is 2.25. The largest absolute Gasteiger partial charge is 0.380 e. The topological polar surface area (TPSA) is 34.2 Å². The van der Waals surface area contributed by atoms with Crippen LogP contribution >= 0.6 is 0 Å². The maximum Gasteiger partial charge on any atom is 0.0705 e. The van der Waals surface area contributed by atoms with Gasteiger partial charge in [-0.15, -0.1) is 0 Å². The van der Waals surface area contributed by atoms with Gasteiger partial charge in [0.2, 0.25) is 0 Å². The highest BCUT2D eigenvalue weighted by molar-refractivity contribution is 5.81. The molecule has 2 aromatic rings. The Kier molecular flexibility index (Phi) is 3.02. The quantitative estimate of drug-likeness (QED) is 0.893. The molecule has 0 radical (unpaired) electrons. The lowest BCUT2D eigenvalue weighted by Crippen LogP contribution is -2.47. The van der Waals surface area contributed by atoms with Crippen molar-refractivity contribution in [2.45, 2.75) is 13.5 Å². The van der Waals surface area contributed by atoms with Crippen molar-refractivity contribution in [2.24, 2.45) is 5.41 Å². The van der Waals surface area contributed by atoms with Gasteiger partial charge in [0.05, 0.1) is 18.7 Å². The monoisotopic (exact) mass is 242 g/mol. The van der Waals surface area contributed by atoms with Crippen LogP contribution in [-0.2, 0) is 11.3 Å². The standard InChI is InChI=1S/C15H18N2O/c1-15(10-18-11-15)9-16-8-12-6-7-17-14-5-3-2-4-13(12)14/h2-7,16H,8-11H2,1H3. The summed E-state index contributed by atoms with van der Waals surface area (Å²) >= 11 is 0. The van der Waals surface area contributed by atoms with Gasteiger partial charge < -0.3 is 10.1 Å². The molecule has 1 aromatic heterocycles. The summed E-state index contributed by atoms with van der Waals surface area (Å²) < 4.78 is 5.26. The van der Waals surface area contributed by atoms with Gasteiger partial charge in [-0.2, -0.15) is 0 Å². The summed E-state index contributed by atoms with van der Waals surface area (Å²) in [6, 6.07) is 10.4. The van der Waals surface area contributed by atoms with Crippen molar-refractivity contribution in [1.82, 2.24) is 10.3 Å². The number of nitrogens with one attached hydrogen (secondary N) is 1. The Labute approximate surface area is 107 Å². The predicted octanol–water partition coefficient (Wildman–Crippen LogP) is 2.36. The van der Waals surface area contributed by atoms with Crippen LogP contribution in [-0.4, -0.2) is 24.7 Å². The second-order valence-electron chi connectivity index (χ2n) is 5.39. The van der Waals surface area contributed by atoms with Gasteiger partial charge in [-0.1, -0.05) is 25.1 Å². The molecule has 1 aliphatic rings. The number of pyridine rings is 1. The lowest BCUT2D eigenvalue weighted by molar-refractivity contribution is -0.0991. The molecule has 18 heavy (non-hydrogen) atoms. The van der Waals surface area contributed by atoms with Crippen molar-refractivity contribution in [2.75, 3.05) is 19.8 Å². The maximum atomic E-state index is 5.26. The van der Waals surface area contributed by atoms with E-state index in [-0.39, 0.29) is 0 Å². The summed E-state index contributed by atoms with van der Waals surface area (Å²) in [5.74, 6) is 0. The zero-order chi connectivity index (χ0) is 12.4. The van der Waals surface area contributed by atoms with Gasteiger partial charge in [-0.3, -0.25) is 4.98 Å².